The molecule has 3 heterocycles. The first kappa shape index (κ1) is 22.8. The predicted octanol–water partition coefficient (Wildman–Crippen LogP) is 2.16. The van der Waals surface area contributed by atoms with Crippen LogP contribution in [0.5, 0.6) is 0 Å². The van der Waals surface area contributed by atoms with Gasteiger partial charge in [0.15, 0.2) is 5.96 Å². The number of thiazole rings is 1. The third-order valence-electron chi connectivity index (χ3n) is 5.05. The topological polar surface area (TPSA) is 130 Å². The number of guanidine groups is 1. The van der Waals surface area contributed by atoms with Crippen molar-refractivity contribution < 1.29 is 4.79 Å². The Kier molecular flexibility index (Phi) is 6.50. The van der Waals surface area contributed by atoms with Crippen molar-refractivity contribution >= 4 is 23.2 Å². The lowest BCUT2D eigenvalue weighted by atomic mass is 9.97. The molecule has 1 aliphatic heterocycles. The quantitative estimate of drug-likeness (QED) is 0.638. The Balaban J connectivity index is 0.000000269. The second-order valence-corrected chi connectivity index (χ2v) is 8.39. The van der Waals surface area contributed by atoms with Crippen LogP contribution < -0.4 is 11.3 Å². The summed E-state index contributed by atoms with van der Waals surface area (Å²) in [5.41, 5.74) is 7.13. The van der Waals surface area contributed by atoms with Gasteiger partial charge in [0.2, 0.25) is 5.91 Å². The van der Waals surface area contributed by atoms with E-state index in [0.717, 1.165) is 22.1 Å². The van der Waals surface area contributed by atoms with Gasteiger partial charge in [0, 0.05) is 37.3 Å². The molecule has 0 spiro atoms. The van der Waals surface area contributed by atoms with Crippen molar-refractivity contribution in [2.75, 3.05) is 7.05 Å². The average molecular weight is 450 g/mol. The highest BCUT2D eigenvalue weighted by Gasteiger charge is 2.38. The van der Waals surface area contributed by atoms with Crippen molar-refractivity contribution in [2.45, 2.75) is 25.8 Å². The molecule has 1 aliphatic rings. The smallest absolute Gasteiger partial charge is 0.272 e. The van der Waals surface area contributed by atoms with Gasteiger partial charge in [0.1, 0.15) is 16.4 Å². The molecule has 0 bridgehead atoms. The Hall–Kier alpha value is -3.84. The molecule has 2 aromatic heterocycles. The zero-order chi connectivity index (χ0) is 23.5. The number of rotatable bonds is 2. The molecule has 2 N–H and O–H groups in total. The molecule has 32 heavy (non-hydrogen) atoms. The number of nitrogens with two attached hydrogens (primary N) is 1. The lowest BCUT2D eigenvalue weighted by Gasteiger charge is -2.31. The van der Waals surface area contributed by atoms with Crippen LogP contribution in [0.1, 0.15) is 29.7 Å². The minimum Gasteiger partial charge on any atom is -0.369 e. The van der Waals surface area contributed by atoms with Crippen LogP contribution in [0.25, 0.3) is 11.3 Å². The average Bonchev–Trinajstić information content (AvgIpc) is 3.27. The van der Waals surface area contributed by atoms with Gasteiger partial charge in [-0.2, -0.15) is 10.2 Å². The molecule has 0 fully saturated rings. The molecule has 10 heteroatoms. The third kappa shape index (κ3) is 4.90. The second kappa shape index (κ2) is 9.11. The maximum Gasteiger partial charge on any atom is 0.272 e. The fourth-order valence-electron chi connectivity index (χ4n) is 2.99. The maximum absolute atomic E-state index is 12.1. The van der Waals surface area contributed by atoms with Gasteiger partial charge >= 0.3 is 0 Å². The Morgan fingerprint density at radius 1 is 1.22 bits per heavy atom. The summed E-state index contributed by atoms with van der Waals surface area (Å²) in [6.45, 7) is 3.65. The Labute approximate surface area is 189 Å². The number of aromatic nitrogens is 3. The van der Waals surface area contributed by atoms with Gasteiger partial charge in [-0.25, -0.2) is 9.98 Å². The summed E-state index contributed by atoms with van der Waals surface area (Å²) >= 11 is 1.44. The molecular formula is C22H23N7O2S. The largest absolute Gasteiger partial charge is 0.369 e. The molecule has 4 rings (SSSR count). The summed E-state index contributed by atoms with van der Waals surface area (Å²) < 4.78 is 1.79. The number of amides is 1. The Morgan fingerprint density at radius 2 is 1.97 bits per heavy atom. The Morgan fingerprint density at radius 3 is 2.59 bits per heavy atom. The highest BCUT2D eigenvalue weighted by atomic mass is 32.1. The van der Waals surface area contributed by atoms with Gasteiger partial charge in [-0.15, -0.1) is 11.3 Å². The predicted molar refractivity (Wildman–Crippen MR) is 123 cm³/mol. The van der Waals surface area contributed by atoms with E-state index in [-0.39, 0.29) is 23.8 Å². The summed E-state index contributed by atoms with van der Waals surface area (Å²) in [6, 6.07) is 10.8. The standard InChI is InChI=1S/C16H15N5OS.C6H8N2O/c1-16(7-13(22)21(2)15(18)20-16)14-19-12(9-23-14)11-5-3-4-10(6-11)8-17;1-5-7-6(9)3-4-8(5)2/h3-6,9H,7H2,1-2H3,(H2,18,20);3-4H,1-2H3/t16-;/m0./s1. The number of carbonyl (C=O) groups is 1. The molecule has 164 valence electrons. The van der Waals surface area contributed by atoms with E-state index in [9.17, 15) is 9.59 Å². The number of benzene rings is 1. The lowest BCUT2D eigenvalue weighted by Crippen LogP contribution is -2.47. The van der Waals surface area contributed by atoms with Gasteiger partial charge in [-0.05, 0) is 26.0 Å². The second-order valence-electron chi connectivity index (χ2n) is 7.53. The number of nitriles is 1. The highest BCUT2D eigenvalue weighted by molar-refractivity contribution is 7.10. The highest BCUT2D eigenvalue weighted by Crippen LogP contribution is 2.36. The summed E-state index contributed by atoms with van der Waals surface area (Å²) in [5.74, 6) is 0.859. The zero-order valence-corrected chi connectivity index (χ0v) is 19.1. The van der Waals surface area contributed by atoms with E-state index in [1.807, 2.05) is 31.5 Å². The van der Waals surface area contributed by atoms with Crippen molar-refractivity contribution in [3.05, 3.63) is 68.7 Å². The minimum absolute atomic E-state index is 0.0803. The molecule has 9 nitrogen and oxygen atoms in total. The van der Waals surface area contributed by atoms with Crippen LogP contribution in [0.4, 0.5) is 0 Å². The summed E-state index contributed by atoms with van der Waals surface area (Å²) in [5, 5.41) is 11.6. The number of hydrogen-bond acceptors (Lipinski definition) is 8. The molecule has 3 aromatic rings. The molecule has 0 saturated carbocycles. The molecule has 0 radical (unpaired) electrons. The van der Waals surface area contributed by atoms with Gasteiger partial charge in [0.05, 0.1) is 23.7 Å². The first-order valence-electron chi connectivity index (χ1n) is 9.71. The third-order valence-corrected chi connectivity index (χ3v) is 6.15. The van der Waals surface area contributed by atoms with Crippen LogP contribution in [0.15, 0.2) is 51.7 Å². The van der Waals surface area contributed by atoms with E-state index in [1.165, 1.54) is 22.3 Å². The minimum atomic E-state index is -0.747. The normalized spacial score (nSPS) is 17.8. The SMILES string of the molecule is CN1C(=O)C[C@@](C)(c2nc(-c3cccc(C#N)c3)cs2)N=C1N.Cc1nc(=O)ccn1C. The summed E-state index contributed by atoms with van der Waals surface area (Å²) in [4.78, 5) is 36.7. The molecular weight excluding hydrogens is 426 g/mol. The van der Waals surface area contributed by atoms with Crippen LogP contribution in [0.2, 0.25) is 0 Å². The van der Waals surface area contributed by atoms with E-state index < -0.39 is 5.54 Å². The van der Waals surface area contributed by atoms with Crippen molar-refractivity contribution in [3.63, 3.8) is 0 Å². The molecule has 0 unspecified atom stereocenters. The number of nitrogens with zero attached hydrogens (tertiary/aromatic N) is 6. The fourth-order valence-corrected chi connectivity index (χ4v) is 3.93. The molecule has 1 atom stereocenters. The van der Waals surface area contributed by atoms with Gasteiger partial charge in [-0.3, -0.25) is 14.5 Å². The first-order chi connectivity index (χ1) is 15.1. The molecule has 0 aliphatic carbocycles. The molecule has 1 aromatic carbocycles. The van der Waals surface area contributed by atoms with Crippen molar-refractivity contribution in [1.29, 1.82) is 5.26 Å². The van der Waals surface area contributed by atoms with Crippen molar-refractivity contribution in [2.24, 2.45) is 17.8 Å². The number of hydrogen-bond donors (Lipinski definition) is 1. The van der Waals surface area contributed by atoms with Gasteiger partial charge in [0.25, 0.3) is 5.56 Å². The van der Waals surface area contributed by atoms with E-state index in [2.05, 4.69) is 21.0 Å². The number of carbonyl (C=O) groups excluding carboxylic acids is 1. The first-order valence-corrected chi connectivity index (χ1v) is 10.6. The van der Waals surface area contributed by atoms with Gasteiger partial charge in [-0.1, -0.05) is 12.1 Å². The summed E-state index contributed by atoms with van der Waals surface area (Å²) in [7, 11) is 3.46. The lowest BCUT2D eigenvalue weighted by molar-refractivity contribution is -0.128. The number of aryl methyl sites for hydroxylation is 2. The van der Waals surface area contributed by atoms with Crippen LogP contribution >= 0.6 is 11.3 Å². The van der Waals surface area contributed by atoms with E-state index >= 15 is 0 Å². The fraction of sp³-hybridized carbons (Fsp3) is 0.273. The van der Waals surface area contributed by atoms with Crippen LogP contribution in [-0.4, -0.2) is 38.3 Å². The van der Waals surface area contributed by atoms with E-state index in [0.29, 0.717) is 5.56 Å². The number of aliphatic imine (C=N–C) groups is 1. The Bertz CT molecular complexity index is 1290. The van der Waals surface area contributed by atoms with Crippen LogP contribution in [-0.2, 0) is 17.4 Å². The molecule has 1 amide bonds. The maximum atomic E-state index is 12.1. The van der Waals surface area contributed by atoms with E-state index in [4.69, 9.17) is 11.0 Å². The van der Waals surface area contributed by atoms with E-state index in [1.54, 1.807) is 36.9 Å². The van der Waals surface area contributed by atoms with Crippen molar-refractivity contribution in [1.82, 2.24) is 19.4 Å². The zero-order valence-electron chi connectivity index (χ0n) is 18.2. The van der Waals surface area contributed by atoms with Gasteiger partial charge < -0.3 is 10.3 Å². The summed E-state index contributed by atoms with van der Waals surface area (Å²) in [6.07, 6.45) is 1.93. The van der Waals surface area contributed by atoms with Crippen LogP contribution in [0.3, 0.4) is 0 Å². The van der Waals surface area contributed by atoms with Crippen molar-refractivity contribution in [3.8, 4) is 17.3 Å². The molecule has 0 saturated heterocycles. The monoisotopic (exact) mass is 449 g/mol. The van der Waals surface area contributed by atoms with Crippen LogP contribution in [0, 0.1) is 18.3 Å².